The zero-order valence-electron chi connectivity index (χ0n) is 12.0. The molecule has 3 rings (SSSR count). The highest BCUT2D eigenvalue weighted by Gasteiger charge is 2.29. The maximum Gasteiger partial charge on any atom is 0.257 e. The summed E-state index contributed by atoms with van der Waals surface area (Å²) in [4.78, 5) is 14.5. The van der Waals surface area contributed by atoms with Gasteiger partial charge >= 0.3 is 0 Å². The lowest BCUT2D eigenvalue weighted by Gasteiger charge is -2.36. The molecule has 1 aliphatic heterocycles. The van der Waals surface area contributed by atoms with Crippen LogP contribution in [0.3, 0.4) is 0 Å². The fourth-order valence-corrected chi connectivity index (χ4v) is 2.52. The zero-order valence-corrected chi connectivity index (χ0v) is 12.0. The number of hydrogen-bond donors (Lipinski definition) is 1. The number of nitrogens with zero attached hydrogens (tertiary/aromatic N) is 1. The first kappa shape index (κ1) is 13.5. The molecular weight excluding hydrogens is 264 g/mol. The molecule has 0 spiro atoms. The Labute approximate surface area is 124 Å². The van der Waals surface area contributed by atoms with Crippen LogP contribution in [0.1, 0.15) is 29.5 Å². The minimum absolute atomic E-state index is 0.0697. The summed E-state index contributed by atoms with van der Waals surface area (Å²) >= 11 is 0. The lowest BCUT2D eigenvalue weighted by Crippen LogP contribution is -2.48. The number of benzene rings is 1. The Hall–Kier alpha value is -2.49. The zero-order chi connectivity index (χ0) is 14.7. The van der Waals surface area contributed by atoms with Crippen molar-refractivity contribution in [2.24, 2.45) is 0 Å². The van der Waals surface area contributed by atoms with Gasteiger partial charge in [0.25, 0.3) is 5.91 Å². The van der Waals surface area contributed by atoms with Crippen molar-refractivity contribution in [3.8, 4) is 0 Å². The lowest BCUT2D eigenvalue weighted by molar-refractivity contribution is 0.0717. The van der Waals surface area contributed by atoms with Gasteiger partial charge in [0.1, 0.15) is 11.9 Å². The van der Waals surface area contributed by atoms with Gasteiger partial charge in [-0.15, -0.1) is 0 Å². The van der Waals surface area contributed by atoms with Crippen molar-refractivity contribution in [3.05, 3.63) is 60.1 Å². The Bertz CT molecular complexity index is 647. The van der Waals surface area contributed by atoms with Crippen LogP contribution in [0.15, 0.2) is 53.2 Å². The van der Waals surface area contributed by atoms with Gasteiger partial charge in [-0.1, -0.05) is 19.1 Å². The van der Waals surface area contributed by atoms with Crippen LogP contribution in [0.5, 0.6) is 0 Å². The molecule has 0 bridgehead atoms. The third kappa shape index (κ3) is 2.70. The Morgan fingerprint density at radius 2 is 2.14 bits per heavy atom. The number of furan rings is 1. The molecule has 1 atom stereocenters. The standard InChI is InChI=1S/C17H18N2O2/c1-2-11-19-16(10-9-13-6-5-12-21-13)18-15-8-4-3-7-14(15)17(19)20/h3-10,12,16,18H,2,11H2,1H3/b10-9-/t16-/m1/s1. The third-order valence-corrected chi connectivity index (χ3v) is 3.51. The number of nitrogens with one attached hydrogen (secondary N) is 1. The van der Waals surface area contributed by atoms with Crippen molar-refractivity contribution in [2.45, 2.75) is 19.5 Å². The van der Waals surface area contributed by atoms with Gasteiger partial charge in [0.05, 0.1) is 11.8 Å². The number of hydrogen-bond acceptors (Lipinski definition) is 3. The first-order chi connectivity index (χ1) is 10.3. The monoisotopic (exact) mass is 282 g/mol. The summed E-state index contributed by atoms with van der Waals surface area (Å²) in [7, 11) is 0. The van der Waals surface area contributed by atoms with E-state index in [9.17, 15) is 4.79 Å². The van der Waals surface area contributed by atoms with E-state index in [1.165, 1.54) is 0 Å². The molecule has 1 amide bonds. The molecule has 0 radical (unpaired) electrons. The Kier molecular flexibility index (Phi) is 3.77. The van der Waals surface area contributed by atoms with Crippen LogP contribution in [0, 0.1) is 0 Å². The molecule has 0 saturated heterocycles. The van der Waals surface area contributed by atoms with Gasteiger partial charge in [0, 0.05) is 12.2 Å². The maximum atomic E-state index is 12.6. The van der Waals surface area contributed by atoms with E-state index in [4.69, 9.17) is 4.42 Å². The summed E-state index contributed by atoms with van der Waals surface area (Å²) < 4.78 is 5.30. The first-order valence-corrected chi connectivity index (χ1v) is 7.18. The summed E-state index contributed by atoms with van der Waals surface area (Å²) in [5, 5.41) is 3.40. The van der Waals surface area contributed by atoms with Crippen LogP contribution in [0.4, 0.5) is 5.69 Å². The molecule has 0 unspecified atom stereocenters. The third-order valence-electron chi connectivity index (χ3n) is 3.51. The van der Waals surface area contributed by atoms with Crippen molar-refractivity contribution in [2.75, 3.05) is 11.9 Å². The van der Waals surface area contributed by atoms with E-state index in [1.807, 2.05) is 53.5 Å². The molecule has 108 valence electrons. The fraction of sp³-hybridized carbons (Fsp3) is 0.235. The van der Waals surface area contributed by atoms with E-state index >= 15 is 0 Å². The van der Waals surface area contributed by atoms with Crippen molar-refractivity contribution in [3.63, 3.8) is 0 Å². The van der Waals surface area contributed by atoms with Gasteiger partial charge in [0.2, 0.25) is 0 Å². The highest BCUT2D eigenvalue weighted by molar-refractivity contribution is 6.01. The van der Waals surface area contributed by atoms with Crippen LogP contribution in [0.2, 0.25) is 0 Å². The highest BCUT2D eigenvalue weighted by atomic mass is 16.3. The summed E-state index contributed by atoms with van der Waals surface area (Å²) in [5.74, 6) is 0.847. The number of anilines is 1. The van der Waals surface area contributed by atoms with E-state index in [0.717, 1.165) is 23.4 Å². The number of rotatable bonds is 4. The van der Waals surface area contributed by atoms with Crippen LogP contribution < -0.4 is 5.32 Å². The SMILES string of the molecule is CCCN1C(=O)c2ccccc2N[C@H]1/C=C\c1ccco1. The van der Waals surface area contributed by atoms with E-state index in [0.29, 0.717) is 6.54 Å². The number of carbonyl (C=O) groups is 1. The van der Waals surface area contributed by atoms with Gasteiger partial charge in [-0.05, 0) is 42.8 Å². The Morgan fingerprint density at radius 3 is 2.90 bits per heavy atom. The Morgan fingerprint density at radius 1 is 1.29 bits per heavy atom. The van der Waals surface area contributed by atoms with Crippen LogP contribution in [-0.4, -0.2) is 23.5 Å². The topological polar surface area (TPSA) is 45.5 Å². The number of fused-ring (bicyclic) bond motifs is 1. The smallest absolute Gasteiger partial charge is 0.257 e. The van der Waals surface area contributed by atoms with Crippen LogP contribution >= 0.6 is 0 Å². The maximum absolute atomic E-state index is 12.6. The Balaban J connectivity index is 1.89. The molecule has 2 aromatic rings. The molecule has 0 aliphatic carbocycles. The molecule has 1 aromatic carbocycles. The second-order valence-electron chi connectivity index (χ2n) is 5.01. The highest BCUT2D eigenvalue weighted by Crippen LogP contribution is 2.26. The normalized spacial score (nSPS) is 17.9. The van der Waals surface area contributed by atoms with Gasteiger partial charge < -0.3 is 14.6 Å². The van der Waals surface area contributed by atoms with E-state index in [-0.39, 0.29) is 12.1 Å². The largest absolute Gasteiger partial charge is 0.465 e. The second-order valence-corrected chi connectivity index (χ2v) is 5.01. The molecular formula is C17H18N2O2. The van der Waals surface area contributed by atoms with E-state index < -0.39 is 0 Å². The predicted octanol–water partition coefficient (Wildman–Crippen LogP) is 3.60. The molecule has 21 heavy (non-hydrogen) atoms. The minimum atomic E-state index is -0.155. The quantitative estimate of drug-likeness (QED) is 0.932. The molecule has 1 aliphatic rings. The average Bonchev–Trinajstić information content (AvgIpc) is 3.02. The second kappa shape index (κ2) is 5.87. The van der Waals surface area contributed by atoms with E-state index in [2.05, 4.69) is 12.2 Å². The number of para-hydroxylation sites is 1. The molecule has 4 nitrogen and oxygen atoms in total. The molecule has 2 heterocycles. The van der Waals surface area contributed by atoms with Gasteiger partial charge in [-0.3, -0.25) is 4.79 Å². The molecule has 0 saturated carbocycles. The van der Waals surface area contributed by atoms with Gasteiger partial charge in [-0.25, -0.2) is 0 Å². The number of carbonyl (C=O) groups excluding carboxylic acids is 1. The first-order valence-electron chi connectivity index (χ1n) is 7.18. The van der Waals surface area contributed by atoms with Crippen molar-refractivity contribution in [1.29, 1.82) is 0 Å². The van der Waals surface area contributed by atoms with Crippen molar-refractivity contribution in [1.82, 2.24) is 4.90 Å². The molecule has 1 N–H and O–H groups in total. The van der Waals surface area contributed by atoms with Crippen molar-refractivity contribution >= 4 is 17.7 Å². The van der Waals surface area contributed by atoms with Crippen LogP contribution in [0.25, 0.3) is 6.08 Å². The average molecular weight is 282 g/mol. The number of amides is 1. The lowest BCUT2D eigenvalue weighted by atomic mass is 10.1. The summed E-state index contributed by atoms with van der Waals surface area (Å²) in [6, 6.07) is 11.4. The van der Waals surface area contributed by atoms with Crippen molar-refractivity contribution < 1.29 is 9.21 Å². The van der Waals surface area contributed by atoms with Crippen LogP contribution in [-0.2, 0) is 0 Å². The minimum Gasteiger partial charge on any atom is -0.465 e. The summed E-state index contributed by atoms with van der Waals surface area (Å²) in [6.07, 6.45) is 6.25. The molecule has 4 heteroatoms. The summed E-state index contributed by atoms with van der Waals surface area (Å²) in [5.41, 5.74) is 1.61. The molecule has 0 fully saturated rings. The van der Waals surface area contributed by atoms with Gasteiger partial charge in [0.15, 0.2) is 0 Å². The predicted molar refractivity (Wildman–Crippen MR) is 82.9 cm³/mol. The molecule has 1 aromatic heterocycles. The summed E-state index contributed by atoms with van der Waals surface area (Å²) in [6.45, 7) is 2.79. The van der Waals surface area contributed by atoms with Gasteiger partial charge in [-0.2, -0.15) is 0 Å². The fourth-order valence-electron chi connectivity index (χ4n) is 2.52. The van der Waals surface area contributed by atoms with E-state index in [1.54, 1.807) is 6.26 Å².